The van der Waals surface area contributed by atoms with Gasteiger partial charge in [0.15, 0.2) is 0 Å². The van der Waals surface area contributed by atoms with Crippen LogP contribution < -0.4 is 10.6 Å². The normalized spacial score (nSPS) is 16.2. The first kappa shape index (κ1) is 24.4. The molecule has 0 aliphatic heterocycles. The summed E-state index contributed by atoms with van der Waals surface area (Å²) >= 11 is 0. The van der Waals surface area contributed by atoms with E-state index in [2.05, 4.69) is 34.9 Å². The summed E-state index contributed by atoms with van der Waals surface area (Å²) in [6, 6.07) is 13.6. The Morgan fingerprint density at radius 1 is 0.818 bits per heavy atom. The van der Waals surface area contributed by atoms with Gasteiger partial charge in [0.05, 0.1) is 4.92 Å². The smallest absolute Gasteiger partial charge is 0.269 e. The Labute approximate surface area is 195 Å². The second kappa shape index (κ2) is 11.6. The number of nitro benzene ring substituents is 1. The number of nitrogens with zero attached hydrogens (tertiary/aromatic N) is 1. The number of rotatable bonds is 7. The highest BCUT2D eigenvalue weighted by Crippen LogP contribution is 2.29. The highest BCUT2D eigenvalue weighted by Gasteiger charge is 2.24. The molecular weight excluding hydrogens is 418 g/mol. The molecule has 0 heterocycles. The van der Waals surface area contributed by atoms with Gasteiger partial charge in [-0.1, -0.05) is 44.2 Å². The molecule has 2 amide bonds. The lowest BCUT2D eigenvalue weighted by Gasteiger charge is -2.09. The van der Waals surface area contributed by atoms with Crippen molar-refractivity contribution in [1.29, 1.82) is 0 Å². The van der Waals surface area contributed by atoms with E-state index in [1.165, 1.54) is 11.1 Å². The van der Waals surface area contributed by atoms with Gasteiger partial charge >= 0.3 is 0 Å². The summed E-state index contributed by atoms with van der Waals surface area (Å²) in [4.78, 5) is 32.6. The zero-order chi connectivity index (χ0) is 23.8. The van der Waals surface area contributed by atoms with Gasteiger partial charge in [0.1, 0.15) is 0 Å². The van der Waals surface area contributed by atoms with E-state index in [-0.39, 0.29) is 22.4 Å². The van der Waals surface area contributed by atoms with Crippen LogP contribution in [0.25, 0.3) is 0 Å². The lowest BCUT2D eigenvalue weighted by atomic mass is 10.1. The Kier molecular flexibility index (Phi) is 8.58. The van der Waals surface area contributed by atoms with Gasteiger partial charge in [0.25, 0.3) is 5.69 Å². The Morgan fingerprint density at radius 2 is 1.27 bits per heavy atom. The first-order valence-electron chi connectivity index (χ1n) is 11.8. The van der Waals surface area contributed by atoms with Crippen molar-refractivity contribution in [2.24, 2.45) is 11.8 Å². The van der Waals surface area contributed by atoms with Crippen molar-refractivity contribution in [3.63, 3.8) is 0 Å². The van der Waals surface area contributed by atoms with Gasteiger partial charge in [-0.25, -0.2) is 0 Å². The standard InChI is InChI=1S/C13H16N2O3.C13H17NO/c1-2-13(16)14-8-9-5-10-3-4-12(15(17)18)7-11(10)6-9;1-2-13(15)14-9-10-7-11-5-3-4-6-12(11)8-10/h3-4,7,9H,2,5-6,8H2,1H3,(H,14,16);3-6,10H,2,7-9H2,1H3,(H,14,15). The average Bonchev–Trinajstić information content (AvgIpc) is 3.43. The fraction of sp³-hybridized carbons (Fsp3) is 0.462. The molecule has 1 atom stereocenters. The molecular formula is C26H33N3O4. The molecule has 7 nitrogen and oxygen atoms in total. The van der Waals surface area contributed by atoms with E-state index >= 15 is 0 Å². The highest BCUT2D eigenvalue weighted by atomic mass is 16.6. The van der Waals surface area contributed by atoms with Crippen LogP contribution in [0.5, 0.6) is 0 Å². The summed E-state index contributed by atoms with van der Waals surface area (Å²) in [5.41, 5.74) is 5.25. The van der Waals surface area contributed by atoms with Gasteiger partial charge < -0.3 is 10.6 Å². The third kappa shape index (κ3) is 6.88. The summed E-state index contributed by atoms with van der Waals surface area (Å²) < 4.78 is 0. The van der Waals surface area contributed by atoms with Gasteiger partial charge in [0, 0.05) is 38.1 Å². The molecule has 0 bridgehead atoms. The zero-order valence-corrected chi connectivity index (χ0v) is 19.4. The van der Waals surface area contributed by atoms with Crippen LogP contribution in [0.15, 0.2) is 42.5 Å². The second-order valence-electron chi connectivity index (χ2n) is 8.84. The van der Waals surface area contributed by atoms with Crippen LogP contribution >= 0.6 is 0 Å². The van der Waals surface area contributed by atoms with Gasteiger partial charge in [-0.15, -0.1) is 0 Å². The van der Waals surface area contributed by atoms with Crippen LogP contribution in [0, 0.1) is 22.0 Å². The predicted molar refractivity (Wildman–Crippen MR) is 128 cm³/mol. The topological polar surface area (TPSA) is 101 Å². The third-order valence-corrected chi connectivity index (χ3v) is 6.37. The molecule has 4 rings (SSSR count). The molecule has 2 aromatic rings. The Hall–Kier alpha value is -3.22. The van der Waals surface area contributed by atoms with Crippen molar-refractivity contribution in [2.45, 2.75) is 52.4 Å². The summed E-state index contributed by atoms with van der Waals surface area (Å²) in [5, 5.41) is 16.5. The van der Waals surface area contributed by atoms with E-state index in [0.717, 1.165) is 43.4 Å². The Balaban J connectivity index is 0.000000189. The Morgan fingerprint density at radius 3 is 1.73 bits per heavy atom. The van der Waals surface area contributed by atoms with E-state index in [9.17, 15) is 19.7 Å². The van der Waals surface area contributed by atoms with Crippen molar-refractivity contribution in [2.75, 3.05) is 13.1 Å². The fourth-order valence-electron chi connectivity index (χ4n) is 4.51. The number of non-ortho nitro benzene ring substituents is 1. The summed E-state index contributed by atoms with van der Waals surface area (Å²) in [6.45, 7) is 5.18. The molecule has 0 aromatic heterocycles. The number of nitrogens with one attached hydrogen (secondary N) is 2. The van der Waals surface area contributed by atoms with E-state index < -0.39 is 0 Å². The number of fused-ring (bicyclic) bond motifs is 2. The lowest BCUT2D eigenvalue weighted by molar-refractivity contribution is -0.384. The molecule has 1 unspecified atom stereocenters. The number of hydrogen-bond acceptors (Lipinski definition) is 4. The van der Waals surface area contributed by atoms with Crippen LogP contribution in [-0.4, -0.2) is 29.8 Å². The molecule has 7 heteroatoms. The maximum absolute atomic E-state index is 11.2. The monoisotopic (exact) mass is 451 g/mol. The molecule has 0 saturated heterocycles. The van der Waals surface area contributed by atoms with Gasteiger partial charge in [-0.3, -0.25) is 19.7 Å². The van der Waals surface area contributed by atoms with Gasteiger partial charge in [-0.2, -0.15) is 0 Å². The largest absolute Gasteiger partial charge is 0.356 e. The first-order chi connectivity index (χ1) is 15.9. The molecule has 2 aromatic carbocycles. The SMILES string of the molecule is CCC(=O)NCC1Cc2ccc([N+](=O)[O-])cc2C1.CCC(=O)NCC1Cc2ccccc2C1. The van der Waals surface area contributed by atoms with E-state index in [0.29, 0.717) is 31.2 Å². The molecule has 0 radical (unpaired) electrons. The summed E-state index contributed by atoms with van der Waals surface area (Å²) in [7, 11) is 0. The van der Waals surface area contributed by atoms with Crippen molar-refractivity contribution in [1.82, 2.24) is 10.6 Å². The van der Waals surface area contributed by atoms with Crippen molar-refractivity contribution >= 4 is 17.5 Å². The number of nitro groups is 1. The van der Waals surface area contributed by atoms with Crippen LogP contribution in [0.4, 0.5) is 5.69 Å². The number of amides is 2. The van der Waals surface area contributed by atoms with Crippen molar-refractivity contribution in [3.8, 4) is 0 Å². The first-order valence-corrected chi connectivity index (χ1v) is 11.8. The van der Waals surface area contributed by atoms with Crippen LogP contribution in [0.2, 0.25) is 0 Å². The minimum Gasteiger partial charge on any atom is -0.356 e. The molecule has 176 valence electrons. The van der Waals surface area contributed by atoms with Crippen molar-refractivity contribution in [3.05, 3.63) is 74.8 Å². The van der Waals surface area contributed by atoms with E-state index in [4.69, 9.17) is 0 Å². The van der Waals surface area contributed by atoms with Crippen LogP contribution in [0.1, 0.15) is 48.9 Å². The minimum atomic E-state index is -0.369. The van der Waals surface area contributed by atoms with E-state index in [1.54, 1.807) is 12.1 Å². The number of hydrogen-bond donors (Lipinski definition) is 2. The molecule has 2 aliphatic carbocycles. The van der Waals surface area contributed by atoms with Crippen LogP contribution in [-0.2, 0) is 35.3 Å². The zero-order valence-electron chi connectivity index (χ0n) is 19.4. The minimum absolute atomic E-state index is 0.0527. The molecule has 0 saturated carbocycles. The quantitative estimate of drug-likeness (QED) is 0.494. The fourth-order valence-corrected chi connectivity index (χ4v) is 4.51. The molecule has 2 N–H and O–H groups in total. The maximum atomic E-state index is 11.2. The molecule has 0 spiro atoms. The maximum Gasteiger partial charge on any atom is 0.269 e. The summed E-state index contributed by atoms with van der Waals surface area (Å²) in [5.74, 6) is 1.17. The molecule has 0 fully saturated rings. The summed E-state index contributed by atoms with van der Waals surface area (Å²) in [6.07, 6.45) is 4.99. The van der Waals surface area contributed by atoms with Gasteiger partial charge in [0.2, 0.25) is 11.8 Å². The van der Waals surface area contributed by atoms with Crippen molar-refractivity contribution < 1.29 is 14.5 Å². The third-order valence-electron chi connectivity index (χ3n) is 6.37. The molecule has 2 aliphatic rings. The lowest BCUT2D eigenvalue weighted by Crippen LogP contribution is -2.28. The van der Waals surface area contributed by atoms with E-state index in [1.807, 2.05) is 19.9 Å². The predicted octanol–water partition coefficient (Wildman–Crippen LogP) is 3.76. The molecule has 33 heavy (non-hydrogen) atoms. The average molecular weight is 452 g/mol. The number of carbonyl (C=O) groups is 2. The Bertz CT molecular complexity index is 980. The van der Waals surface area contributed by atoms with Crippen LogP contribution in [0.3, 0.4) is 0 Å². The van der Waals surface area contributed by atoms with Gasteiger partial charge in [-0.05, 0) is 59.8 Å². The highest BCUT2D eigenvalue weighted by molar-refractivity contribution is 5.75. The second-order valence-corrected chi connectivity index (χ2v) is 8.84. The number of benzene rings is 2. The number of carbonyl (C=O) groups excluding carboxylic acids is 2.